The summed E-state index contributed by atoms with van der Waals surface area (Å²) in [5.41, 5.74) is 7.59. The number of piperidine rings is 1. The van der Waals surface area contributed by atoms with Crippen LogP contribution in [0.25, 0.3) is 0 Å². The Hall–Kier alpha value is -2.20. The Morgan fingerprint density at radius 1 is 1.00 bits per heavy atom. The van der Waals surface area contributed by atoms with E-state index in [2.05, 4.69) is 5.32 Å². The van der Waals surface area contributed by atoms with Gasteiger partial charge in [-0.3, -0.25) is 0 Å². The van der Waals surface area contributed by atoms with Crippen molar-refractivity contribution >= 4 is 5.69 Å². The Labute approximate surface area is 131 Å². The Morgan fingerprint density at radius 2 is 1.77 bits per heavy atom. The van der Waals surface area contributed by atoms with Crippen molar-refractivity contribution in [3.8, 4) is 11.5 Å². The van der Waals surface area contributed by atoms with Crippen LogP contribution in [0.1, 0.15) is 18.4 Å². The lowest BCUT2D eigenvalue weighted by atomic mass is 10.1. The van der Waals surface area contributed by atoms with Gasteiger partial charge in [0.1, 0.15) is 24.2 Å². The molecule has 0 atom stereocenters. The van der Waals surface area contributed by atoms with Gasteiger partial charge in [0.05, 0.1) is 0 Å². The van der Waals surface area contributed by atoms with E-state index in [1.165, 1.54) is 0 Å². The Bertz CT molecular complexity index is 610. The van der Waals surface area contributed by atoms with Crippen LogP contribution < -0.4 is 20.5 Å². The zero-order valence-electron chi connectivity index (χ0n) is 12.6. The number of rotatable bonds is 5. The molecule has 4 nitrogen and oxygen atoms in total. The zero-order chi connectivity index (χ0) is 15.2. The molecule has 1 aliphatic heterocycles. The van der Waals surface area contributed by atoms with E-state index in [4.69, 9.17) is 15.2 Å². The molecule has 1 fully saturated rings. The summed E-state index contributed by atoms with van der Waals surface area (Å²) in [4.78, 5) is 0. The van der Waals surface area contributed by atoms with Crippen LogP contribution in [0.2, 0.25) is 0 Å². The predicted octanol–water partition coefficient (Wildman–Crippen LogP) is 2.98. The minimum absolute atomic E-state index is 0.297. The highest BCUT2D eigenvalue weighted by Crippen LogP contribution is 2.23. The first kappa shape index (κ1) is 14.7. The summed E-state index contributed by atoms with van der Waals surface area (Å²) in [6.07, 6.45) is 2.40. The zero-order valence-corrected chi connectivity index (χ0v) is 12.6. The van der Waals surface area contributed by atoms with E-state index in [1.54, 1.807) is 0 Å². The molecule has 3 rings (SSSR count). The van der Waals surface area contributed by atoms with Crippen LogP contribution in [-0.4, -0.2) is 19.2 Å². The van der Waals surface area contributed by atoms with Crippen molar-refractivity contribution in [1.29, 1.82) is 0 Å². The summed E-state index contributed by atoms with van der Waals surface area (Å²) < 4.78 is 11.9. The summed E-state index contributed by atoms with van der Waals surface area (Å²) >= 11 is 0. The van der Waals surface area contributed by atoms with Gasteiger partial charge < -0.3 is 20.5 Å². The number of hydrogen-bond donors (Lipinski definition) is 2. The van der Waals surface area contributed by atoms with Crippen LogP contribution in [0.5, 0.6) is 11.5 Å². The largest absolute Gasteiger partial charge is 0.490 e. The second-order valence-corrected chi connectivity index (χ2v) is 5.58. The molecule has 0 radical (unpaired) electrons. The Morgan fingerprint density at radius 3 is 2.59 bits per heavy atom. The highest BCUT2D eigenvalue weighted by atomic mass is 16.5. The number of anilines is 1. The fourth-order valence-electron chi connectivity index (χ4n) is 2.59. The first-order chi connectivity index (χ1) is 10.8. The lowest BCUT2D eigenvalue weighted by Crippen LogP contribution is -2.34. The Balaban J connectivity index is 1.58. The molecule has 1 saturated heterocycles. The molecule has 1 aliphatic rings. The van der Waals surface area contributed by atoms with Gasteiger partial charge in [0.25, 0.3) is 0 Å². The van der Waals surface area contributed by atoms with Gasteiger partial charge in [-0.25, -0.2) is 0 Å². The molecular formula is C18H22N2O2. The fraction of sp³-hybridized carbons (Fsp3) is 0.333. The van der Waals surface area contributed by atoms with E-state index in [0.29, 0.717) is 12.7 Å². The summed E-state index contributed by atoms with van der Waals surface area (Å²) in [6, 6.07) is 15.6. The molecule has 0 spiro atoms. The molecule has 1 heterocycles. The first-order valence-electron chi connectivity index (χ1n) is 7.74. The second kappa shape index (κ2) is 7.18. The van der Waals surface area contributed by atoms with Crippen molar-refractivity contribution in [2.75, 3.05) is 18.8 Å². The van der Waals surface area contributed by atoms with Gasteiger partial charge in [0.15, 0.2) is 0 Å². The summed E-state index contributed by atoms with van der Waals surface area (Å²) in [6.45, 7) is 2.55. The second-order valence-electron chi connectivity index (χ2n) is 5.58. The molecule has 116 valence electrons. The maximum absolute atomic E-state index is 6.03. The fourth-order valence-corrected chi connectivity index (χ4v) is 2.59. The standard InChI is InChI=1S/C18H22N2O2/c19-15-4-1-3-14(11-15)13-21-17-5-2-6-18(12-17)22-16-7-9-20-10-8-16/h1-6,11-12,16,20H,7-10,13,19H2. The van der Waals surface area contributed by atoms with Crippen molar-refractivity contribution in [3.05, 3.63) is 54.1 Å². The number of nitrogens with one attached hydrogen (secondary N) is 1. The Kier molecular flexibility index (Phi) is 4.81. The molecular weight excluding hydrogens is 276 g/mol. The lowest BCUT2D eigenvalue weighted by Gasteiger charge is -2.24. The van der Waals surface area contributed by atoms with Gasteiger partial charge >= 0.3 is 0 Å². The predicted molar refractivity (Wildman–Crippen MR) is 88.1 cm³/mol. The maximum atomic E-state index is 6.03. The summed E-state index contributed by atoms with van der Waals surface area (Å²) in [5, 5.41) is 3.34. The number of nitrogens with two attached hydrogens (primary N) is 1. The van der Waals surface area contributed by atoms with Crippen LogP contribution in [0.4, 0.5) is 5.69 Å². The SMILES string of the molecule is Nc1cccc(COc2cccc(OC3CCNCC3)c2)c1. The number of nitrogen functional groups attached to an aromatic ring is 1. The lowest BCUT2D eigenvalue weighted by molar-refractivity contribution is 0.161. The molecule has 0 saturated carbocycles. The topological polar surface area (TPSA) is 56.5 Å². The average Bonchev–Trinajstić information content (AvgIpc) is 2.54. The van der Waals surface area contributed by atoms with Crippen LogP contribution in [0, 0.1) is 0 Å². The molecule has 2 aromatic carbocycles. The monoisotopic (exact) mass is 298 g/mol. The molecule has 0 amide bonds. The minimum atomic E-state index is 0.297. The molecule has 0 unspecified atom stereocenters. The average molecular weight is 298 g/mol. The number of ether oxygens (including phenoxy) is 2. The van der Waals surface area contributed by atoms with Crippen molar-refractivity contribution in [2.24, 2.45) is 0 Å². The molecule has 0 aliphatic carbocycles. The molecule has 22 heavy (non-hydrogen) atoms. The molecule has 2 aromatic rings. The normalized spacial score (nSPS) is 15.5. The van der Waals surface area contributed by atoms with Crippen LogP contribution in [0.15, 0.2) is 48.5 Å². The van der Waals surface area contributed by atoms with E-state index in [-0.39, 0.29) is 0 Å². The highest BCUT2D eigenvalue weighted by molar-refractivity contribution is 5.40. The molecule has 4 heteroatoms. The smallest absolute Gasteiger partial charge is 0.123 e. The third kappa shape index (κ3) is 4.15. The van der Waals surface area contributed by atoms with Crippen LogP contribution in [-0.2, 0) is 6.61 Å². The van der Waals surface area contributed by atoms with Gasteiger partial charge in [0.2, 0.25) is 0 Å². The third-order valence-corrected chi connectivity index (χ3v) is 3.75. The van der Waals surface area contributed by atoms with Gasteiger partial charge in [0, 0.05) is 11.8 Å². The summed E-state index contributed by atoms with van der Waals surface area (Å²) in [5.74, 6) is 1.69. The molecule has 0 aromatic heterocycles. The molecule has 0 bridgehead atoms. The van der Waals surface area contributed by atoms with Crippen molar-refractivity contribution in [1.82, 2.24) is 5.32 Å². The quantitative estimate of drug-likeness (QED) is 0.833. The number of hydrogen-bond acceptors (Lipinski definition) is 4. The van der Waals surface area contributed by atoms with E-state index in [0.717, 1.165) is 48.7 Å². The van der Waals surface area contributed by atoms with Gasteiger partial charge in [-0.05, 0) is 55.8 Å². The maximum Gasteiger partial charge on any atom is 0.123 e. The van der Waals surface area contributed by atoms with Crippen molar-refractivity contribution < 1.29 is 9.47 Å². The van der Waals surface area contributed by atoms with E-state index in [1.807, 2.05) is 48.5 Å². The molecule has 3 N–H and O–H groups in total. The van der Waals surface area contributed by atoms with Crippen molar-refractivity contribution in [3.63, 3.8) is 0 Å². The van der Waals surface area contributed by atoms with Gasteiger partial charge in [-0.1, -0.05) is 18.2 Å². The van der Waals surface area contributed by atoms with E-state index >= 15 is 0 Å². The van der Waals surface area contributed by atoms with Crippen molar-refractivity contribution in [2.45, 2.75) is 25.6 Å². The minimum Gasteiger partial charge on any atom is -0.490 e. The van der Waals surface area contributed by atoms with Crippen LogP contribution >= 0.6 is 0 Å². The first-order valence-corrected chi connectivity index (χ1v) is 7.74. The summed E-state index contributed by atoms with van der Waals surface area (Å²) in [7, 11) is 0. The highest BCUT2D eigenvalue weighted by Gasteiger charge is 2.14. The third-order valence-electron chi connectivity index (χ3n) is 3.75. The van der Waals surface area contributed by atoms with Crippen LogP contribution in [0.3, 0.4) is 0 Å². The van der Waals surface area contributed by atoms with E-state index in [9.17, 15) is 0 Å². The van der Waals surface area contributed by atoms with Gasteiger partial charge in [-0.2, -0.15) is 0 Å². The van der Waals surface area contributed by atoms with E-state index < -0.39 is 0 Å². The number of benzene rings is 2. The van der Waals surface area contributed by atoms with Gasteiger partial charge in [-0.15, -0.1) is 0 Å².